The van der Waals surface area contributed by atoms with Crippen molar-refractivity contribution < 1.29 is 23.8 Å². The third-order valence-corrected chi connectivity index (χ3v) is 2.59. The number of nitro groups is 2. The van der Waals surface area contributed by atoms with Crippen LogP contribution in [0.2, 0.25) is 0 Å². The molecule has 0 fully saturated rings. The molecule has 124 valence electrons. The monoisotopic (exact) mass is 334 g/mol. The van der Waals surface area contributed by atoms with Gasteiger partial charge in [0.15, 0.2) is 18.1 Å². The van der Waals surface area contributed by atoms with Crippen LogP contribution in [0.3, 0.4) is 0 Å². The number of rotatable bonds is 7. The van der Waals surface area contributed by atoms with E-state index >= 15 is 0 Å². The minimum atomic E-state index is -0.712. The average Bonchev–Trinajstić information content (AvgIpc) is 3.02. The first-order chi connectivity index (χ1) is 11.5. The molecule has 2 rings (SSSR count). The summed E-state index contributed by atoms with van der Waals surface area (Å²) in [5.41, 5.74) is 1.83. The summed E-state index contributed by atoms with van der Waals surface area (Å²) in [6.07, 6.45) is 1.07. The standard InChI is InChI=1S/C13H10N4O7/c18-12(8-23-11-4-2-1-3-10(11)16(19)20)15-14-7-9-5-6-13(24-9)17(21)22/h1-7H,8H2,(H,15,18)/b14-7+. The maximum atomic E-state index is 11.5. The number of hydrogen-bond donors (Lipinski definition) is 1. The second-order valence-corrected chi connectivity index (χ2v) is 4.24. The molecule has 11 nitrogen and oxygen atoms in total. The van der Waals surface area contributed by atoms with Gasteiger partial charge < -0.3 is 9.15 Å². The van der Waals surface area contributed by atoms with Crippen molar-refractivity contribution in [2.24, 2.45) is 5.10 Å². The summed E-state index contributed by atoms with van der Waals surface area (Å²) in [5.74, 6) is -1.11. The molecule has 0 saturated heterocycles. The third-order valence-electron chi connectivity index (χ3n) is 2.59. The van der Waals surface area contributed by atoms with E-state index in [9.17, 15) is 25.0 Å². The normalized spacial score (nSPS) is 10.5. The molecule has 0 aliphatic heterocycles. The van der Waals surface area contributed by atoms with Gasteiger partial charge in [0.25, 0.3) is 5.91 Å². The molecule has 0 aliphatic carbocycles. The highest BCUT2D eigenvalue weighted by atomic mass is 16.6. The van der Waals surface area contributed by atoms with Gasteiger partial charge in [-0.25, -0.2) is 5.43 Å². The Morgan fingerprint density at radius 2 is 1.96 bits per heavy atom. The van der Waals surface area contributed by atoms with Crippen LogP contribution >= 0.6 is 0 Å². The Labute approximate surface area is 133 Å². The molecule has 0 saturated carbocycles. The summed E-state index contributed by atoms with van der Waals surface area (Å²) in [7, 11) is 0. The van der Waals surface area contributed by atoms with Crippen LogP contribution < -0.4 is 10.2 Å². The lowest BCUT2D eigenvalue weighted by Gasteiger charge is -2.05. The topological polar surface area (TPSA) is 150 Å². The van der Waals surface area contributed by atoms with Gasteiger partial charge in [0.2, 0.25) is 0 Å². The van der Waals surface area contributed by atoms with Crippen LogP contribution in [-0.2, 0) is 4.79 Å². The first-order valence-electron chi connectivity index (χ1n) is 6.39. The summed E-state index contributed by atoms with van der Waals surface area (Å²) in [5, 5.41) is 24.7. The summed E-state index contributed by atoms with van der Waals surface area (Å²) in [4.78, 5) is 31.4. The molecule has 0 aliphatic rings. The molecule has 1 amide bonds. The summed E-state index contributed by atoms with van der Waals surface area (Å²) >= 11 is 0. The number of furan rings is 1. The zero-order chi connectivity index (χ0) is 17.5. The van der Waals surface area contributed by atoms with Crippen LogP contribution in [0, 0.1) is 20.2 Å². The predicted octanol–water partition coefficient (Wildman–Crippen LogP) is 1.63. The van der Waals surface area contributed by atoms with Crippen LogP contribution in [0.25, 0.3) is 0 Å². The van der Waals surface area contributed by atoms with Crippen molar-refractivity contribution in [3.8, 4) is 5.75 Å². The van der Waals surface area contributed by atoms with Gasteiger partial charge in [-0.15, -0.1) is 0 Å². The zero-order valence-electron chi connectivity index (χ0n) is 11.9. The highest BCUT2D eigenvalue weighted by Gasteiger charge is 2.14. The van der Waals surface area contributed by atoms with Crippen molar-refractivity contribution in [1.82, 2.24) is 5.43 Å². The molecule has 1 heterocycles. The molecular formula is C13H10N4O7. The Morgan fingerprint density at radius 1 is 1.21 bits per heavy atom. The van der Waals surface area contributed by atoms with Crippen LogP contribution in [0.15, 0.2) is 45.9 Å². The molecule has 0 atom stereocenters. The smallest absolute Gasteiger partial charge is 0.433 e. The number of benzene rings is 1. The molecular weight excluding hydrogens is 324 g/mol. The van der Waals surface area contributed by atoms with E-state index in [1.165, 1.54) is 30.3 Å². The largest absolute Gasteiger partial charge is 0.477 e. The summed E-state index contributed by atoms with van der Waals surface area (Å²) in [6, 6.07) is 8.05. The first-order valence-corrected chi connectivity index (χ1v) is 6.39. The highest BCUT2D eigenvalue weighted by molar-refractivity contribution is 5.81. The second kappa shape index (κ2) is 7.49. The Bertz CT molecular complexity index is 799. The van der Waals surface area contributed by atoms with Crippen molar-refractivity contribution >= 4 is 23.7 Å². The van der Waals surface area contributed by atoms with Crippen molar-refractivity contribution in [2.75, 3.05) is 6.61 Å². The van der Waals surface area contributed by atoms with Crippen molar-refractivity contribution in [3.63, 3.8) is 0 Å². The van der Waals surface area contributed by atoms with Gasteiger partial charge >= 0.3 is 11.6 Å². The van der Waals surface area contributed by atoms with Gasteiger partial charge in [-0.3, -0.25) is 25.0 Å². The van der Waals surface area contributed by atoms with Crippen LogP contribution in [-0.4, -0.2) is 28.6 Å². The number of nitro benzene ring substituents is 1. The minimum absolute atomic E-state index is 0.0525. The number of carbonyl (C=O) groups excluding carboxylic acids is 1. The lowest BCUT2D eigenvalue weighted by Crippen LogP contribution is -2.24. The number of nitrogens with zero attached hydrogens (tertiary/aromatic N) is 3. The number of hydrazone groups is 1. The van der Waals surface area contributed by atoms with Gasteiger partial charge in [-0.05, 0) is 12.1 Å². The van der Waals surface area contributed by atoms with E-state index in [-0.39, 0.29) is 17.2 Å². The molecule has 1 aromatic carbocycles. The minimum Gasteiger partial charge on any atom is -0.477 e. The van der Waals surface area contributed by atoms with Gasteiger partial charge in [-0.2, -0.15) is 5.10 Å². The number of hydrogen-bond acceptors (Lipinski definition) is 8. The lowest BCUT2D eigenvalue weighted by molar-refractivity contribution is -0.402. The molecule has 0 bridgehead atoms. The number of para-hydroxylation sites is 2. The predicted molar refractivity (Wildman–Crippen MR) is 79.7 cm³/mol. The number of nitrogens with one attached hydrogen (secondary N) is 1. The van der Waals surface area contributed by atoms with Gasteiger partial charge in [0.1, 0.15) is 4.92 Å². The van der Waals surface area contributed by atoms with E-state index in [0.29, 0.717) is 0 Å². The fourth-order valence-corrected chi connectivity index (χ4v) is 1.58. The van der Waals surface area contributed by atoms with E-state index in [1.54, 1.807) is 0 Å². The Hall–Kier alpha value is -3.76. The van der Waals surface area contributed by atoms with Crippen molar-refractivity contribution in [1.29, 1.82) is 0 Å². The SMILES string of the molecule is O=C(COc1ccccc1[N+](=O)[O-])N/N=C/c1ccc([N+](=O)[O-])o1. The van der Waals surface area contributed by atoms with E-state index < -0.39 is 28.2 Å². The number of amides is 1. The first kappa shape index (κ1) is 16.6. The second-order valence-electron chi connectivity index (χ2n) is 4.24. The number of carbonyl (C=O) groups is 1. The summed E-state index contributed by atoms with van der Waals surface area (Å²) < 4.78 is 9.85. The quantitative estimate of drug-likeness (QED) is 0.459. The lowest BCUT2D eigenvalue weighted by atomic mass is 10.3. The molecule has 0 spiro atoms. The molecule has 24 heavy (non-hydrogen) atoms. The summed E-state index contributed by atoms with van der Waals surface area (Å²) in [6.45, 7) is -0.500. The van der Waals surface area contributed by atoms with E-state index in [0.717, 1.165) is 12.3 Å². The van der Waals surface area contributed by atoms with Crippen molar-refractivity contribution in [2.45, 2.75) is 0 Å². The average molecular weight is 334 g/mol. The van der Waals surface area contributed by atoms with Gasteiger partial charge in [0.05, 0.1) is 17.2 Å². The fraction of sp³-hybridized carbons (Fsp3) is 0.0769. The third kappa shape index (κ3) is 4.37. The highest BCUT2D eigenvalue weighted by Crippen LogP contribution is 2.25. The fourth-order valence-electron chi connectivity index (χ4n) is 1.58. The molecule has 11 heteroatoms. The molecule has 1 aromatic heterocycles. The van der Waals surface area contributed by atoms with Crippen molar-refractivity contribution in [3.05, 3.63) is 62.4 Å². The Morgan fingerprint density at radius 3 is 2.62 bits per heavy atom. The van der Waals surface area contributed by atoms with Crippen LogP contribution in [0.1, 0.15) is 5.76 Å². The molecule has 0 unspecified atom stereocenters. The van der Waals surface area contributed by atoms with Crippen LogP contribution in [0.5, 0.6) is 5.75 Å². The van der Waals surface area contributed by atoms with Gasteiger partial charge in [-0.1, -0.05) is 12.1 Å². The zero-order valence-corrected chi connectivity index (χ0v) is 11.9. The molecule has 2 aromatic rings. The maximum Gasteiger partial charge on any atom is 0.433 e. The number of ether oxygens (including phenoxy) is 1. The van der Waals surface area contributed by atoms with E-state index in [1.807, 2.05) is 0 Å². The molecule has 1 N–H and O–H groups in total. The van der Waals surface area contributed by atoms with E-state index in [2.05, 4.69) is 10.5 Å². The van der Waals surface area contributed by atoms with E-state index in [4.69, 9.17) is 9.15 Å². The Kier molecular flexibility index (Phi) is 5.18. The van der Waals surface area contributed by atoms with Gasteiger partial charge in [0, 0.05) is 6.07 Å². The Balaban J connectivity index is 1.86. The molecule has 0 radical (unpaired) electrons. The maximum absolute atomic E-state index is 11.5. The van der Waals surface area contributed by atoms with Crippen LogP contribution in [0.4, 0.5) is 11.6 Å².